The Labute approximate surface area is 273 Å². The Morgan fingerprint density at radius 3 is 1.56 bits per heavy atom. The smallest absolute Gasteiger partial charge is 0.223 e. The van der Waals surface area contributed by atoms with Crippen LogP contribution in [0.4, 0.5) is 0 Å². The fourth-order valence-electron chi connectivity index (χ4n) is 5.27. The summed E-state index contributed by atoms with van der Waals surface area (Å²) in [4.78, 5) is 56.5. The average molecular weight is 639 g/mol. The van der Waals surface area contributed by atoms with Gasteiger partial charge in [0.2, 0.25) is 23.6 Å². The van der Waals surface area contributed by atoms with Gasteiger partial charge in [-0.25, -0.2) is 0 Å². The normalized spacial score (nSPS) is 11.0. The van der Waals surface area contributed by atoms with E-state index in [4.69, 9.17) is 11.5 Å². The van der Waals surface area contributed by atoms with Crippen molar-refractivity contribution in [1.29, 1.82) is 0 Å². The van der Waals surface area contributed by atoms with Gasteiger partial charge in [0.15, 0.2) is 5.96 Å². The van der Waals surface area contributed by atoms with Gasteiger partial charge in [-0.1, -0.05) is 53.4 Å². The molecule has 4 amide bonds. The molecule has 0 aliphatic heterocycles. The summed E-state index contributed by atoms with van der Waals surface area (Å²) in [6.45, 7) is 13.0. The lowest BCUT2D eigenvalue weighted by Gasteiger charge is -2.24. The molecule has 262 valence electrons. The summed E-state index contributed by atoms with van der Waals surface area (Å²) in [6.07, 6.45) is 10.5. The van der Waals surface area contributed by atoms with Crippen LogP contribution in [0.15, 0.2) is 4.99 Å². The Kier molecular flexibility index (Phi) is 26.7. The van der Waals surface area contributed by atoms with E-state index in [1.54, 1.807) is 4.90 Å². The molecule has 12 nitrogen and oxygen atoms in total. The minimum atomic E-state index is -0.147. The number of carbonyl (C=O) groups excluding carboxylic acids is 4. The first-order chi connectivity index (χ1) is 21.7. The lowest BCUT2D eigenvalue weighted by molar-refractivity contribution is -0.133. The van der Waals surface area contributed by atoms with Crippen molar-refractivity contribution in [2.45, 2.75) is 118 Å². The maximum atomic E-state index is 13.1. The van der Waals surface area contributed by atoms with Crippen molar-refractivity contribution in [3.63, 3.8) is 0 Å². The van der Waals surface area contributed by atoms with Crippen LogP contribution in [0.2, 0.25) is 0 Å². The third-order valence-electron chi connectivity index (χ3n) is 7.68. The number of nitrogens with two attached hydrogens (primary N) is 2. The highest BCUT2D eigenvalue weighted by Gasteiger charge is 2.19. The summed E-state index contributed by atoms with van der Waals surface area (Å²) in [6, 6.07) is 0. The van der Waals surface area contributed by atoms with Crippen LogP contribution in [0, 0.1) is 11.8 Å². The van der Waals surface area contributed by atoms with Crippen molar-refractivity contribution in [1.82, 2.24) is 26.2 Å². The van der Waals surface area contributed by atoms with Crippen LogP contribution in [-0.4, -0.2) is 86.8 Å². The number of rotatable bonds is 29. The van der Waals surface area contributed by atoms with Gasteiger partial charge in [-0.05, 0) is 64.5 Å². The standard InChI is InChI=1S/C33H66N8O4/c1-5-13-27(14-6-2)31(44)38-23-11-25-41(26-12-24-39-32(45)28(15-7-3)16-8-4)30(43)18-17-29(42)37-21-9-19-36-20-10-22-40-33(34)35/h27-28,36H,5-26H2,1-4H3,(H,37,42)(H,38,44)(H,39,45)(H4,34,35,40). The summed E-state index contributed by atoms with van der Waals surface area (Å²) >= 11 is 0. The molecule has 0 bridgehead atoms. The molecule has 0 aromatic rings. The summed E-state index contributed by atoms with van der Waals surface area (Å²) in [7, 11) is 0. The van der Waals surface area contributed by atoms with Gasteiger partial charge in [-0.2, -0.15) is 0 Å². The topological polar surface area (TPSA) is 184 Å². The summed E-state index contributed by atoms with van der Waals surface area (Å²) < 4.78 is 0. The number of hydrogen-bond donors (Lipinski definition) is 6. The van der Waals surface area contributed by atoms with Gasteiger partial charge in [0, 0.05) is 63.9 Å². The van der Waals surface area contributed by atoms with Gasteiger partial charge >= 0.3 is 0 Å². The lowest BCUT2D eigenvalue weighted by atomic mass is 9.97. The molecule has 0 rings (SSSR count). The van der Waals surface area contributed by atoms with E-state index in [0.29, 0.717) is 52.1 Å². The van der Waals surface area contributed by atoms with E-state index in [0.717, 1.165) is 77.3 Å². The maximum Gasteiger partial charge on any atom is 0.223 e. The number of nitrogens with zero attached hydrogens (tertiary/aromatic N) is 2. The van der Waals surface area contributed by atoms with E-state index in [1.807, 2.05) is 0 Å². The van der Waals surface area contributed by atoms with Crippen LogP contribution in [0.3, 0.4) is 0 Å². The molecule has 0 saturated carbocycles. The molecule has 0 atom stereocenters. The van der Waals surface area contributed by atoms with Gasteiger partial charge in [0.25, 0.3) is 0 Å². The van der Waals surface area contributed by atoms with Gasteiger partial charge in [0.05, 0.1) is 0 Å². The molecular formula is C33H66N8O4. The Bertz CT molecular complexity index is 788. The van der Waals surface area contributed by atoms with Gasteiger partial charge in [0.1, 0.15) is 0 Å². The highest BCUT2D eigenvalue weighted by atomic mass is 16.2. The molecule has 0 aromatic carbocycles. The first kappa shape index (κ1) is 42.1. The molecule has 45 heavy (non-hydrogen) atoms. The fourth-order valence-corrected chi connectivity index (χ4v) is 5.27. The van der Waals surface area contributed by atoms with E-state index in [-0.39, 0.29) is 54.3 Å². The number of nitrogens with one attached hydrogen (secondary N) is 4. The second-order valence-electron chi connectivity index (χ2n) is 11.8. The first-order valence-corrected chi connectivity index (χ1v) is 17.6. The quantitative estimate of drug-likeness (QED) is 0.0413. The van der Waals surface area contributed by atoms with E-state index >= 15 is 0 Å². The minimum absolute atomic E-state index is 0.0378. The Balaban J connectivity index is 4.72. The van der Waals surface area contributed by atoms with Crippen molar-refractivity contribution in [2.24, 2.45) is 28.3 Å². The molecule has 0 unspecified atom stereocenters. The van der Waals surface area contributed by atoms with Crippen molar-refractivity contribution in [3.05, 3.63) is 0 Å². The Hall–Kier alpha value is -2.89. The summed E-state index contributed by atoms with van der Waals surface area (Å²) in [5.41, 5.74) is 10.6. The van der Waals surface area contributed by atoms with Crippen molar-refractivity contribution in [3.8, 4) is 0 Å². The molecule has 0 aromatic heterocycles. The highest BCUT2D eigenvalue weighted by molar-refractivity contribution is 5.84. The van der Waals surface area contributed by atoms with Crippen LogP contribution >= 0.6 is 0 Å². The van der Waals surface area contributed by atoms with Crippen LogP contribution in [0.1, 0.15) is 118 Å². The van der Waals surface area contributed by atoms with E-state index in [9.17, 15) is 19.2 Å². The van der Waals surface area contributed by atoms with Crippen molar-refractivity contribution in [2.75, 3.05) is 52.4 Å². The second kappa shape index (κ2) is 28.6. The predicted octanol–water partition coefficient (Wildman–Crippen LogP) is 2.80. The molecule has 0 spiro atoms. The zero-order chi connectivity index (χ0) is 33.7. The van der Waals surface area contributed by atoms with Gasteiger partial charge in [-0.15, -0.1) is 0 Å². The molecule has 0 aliphatic rings. The average Bonchev–Trinajstić information content (AvgIpc) is 3.01. The number of amides is 4. The van der Waals surface area contributed by atoms with Crippen LogP contribution in [-0.2, 0) is 19.2 Å². The molecule has 0 heterocycles. The van der Waals surface area contributed by atoms with Crippen LogP contribution < -0.4 is 32.7 Å². The number of carbonyl (C=O) groups is 4. The zero-order valence-electron chi connectivity index (χ0n) is 28.9. The molecule has 0 radical (unpaired) electrons. The summed E-state index contributed by atoms with van der Waals surface area (Å²) in [5.74, 6) is 0.113. The molecule has 12 heteroatoms. The molecule has 0 saturated heterocycles. The monoisotopic (exact) mass is 639 g/mol. The largest absolute Gasteiger partial charge is 0.370 e. The van der Waals surface area contributed by atoms with Gasteiger partial charge < -0.3 is 37.6 Å². The number of aliphatic imine (C=N–C) groups is 1. The molecule has 0 fully saturated rings. The zero-order valence-corrected chi connectivity index (χ0v) is 28.9. The van der Waals surface area contributed by atoms with E-state index in [2.05, 4.69) is 54.0 Å². The molecule has 0 aliphatic carbocycles. The number of hydrogen-bond acceptors (Lipinski definition) is 6. The third-order valence-corrected chi connectivity index (χ3v) is 7.68. The Morgan fingerprint density at radius 1 is 0.622 bits per heavy atom. The Morgan fingerprint density at radius 2 is 1.09 bits per heavy atom. The SMILES string of the molecule is CCCC(CCC)C(=O)NCCCN(CCCNC(=O)C(CCC)CCC)C(=O)CCC(=O)NCCCNCCCN=C(N)N. The fraction of sp³-hybridized carbons (Fsp3) is 0.848. The lowest BCUT2D eigenvalue weighted by Crippen LogP contribution is -2.38. The molecule has 8 N–H and O–H groups in total. The maximum absolute atomic E-state index is 13.1. The molecular weight excluding hydrogens is 572 g/mol. The van der Waals surface area contributed by atoms with Crippen molar-refractivity contribution >= 4 is 29.6 Å². The third kappa shape index (κ3) is 23.2. The highest BCUT2D eigenvalue weighted by Crippen LogP contribution is 2.14. The summed E-state index contributed by atoms with van der Waals surface area (Å²) in [5, 5.41) is 12.3. The van der Waals surface area contributed by atoms with Crippen LogP contribution in [0.25, 0.3) is 0 Å². The van der Waals surface area contributed by atoms with E-state index < -0.39 is 0 Å². The second-order valence-corrected chi connectivity index (χ2v) is 11.8. The minimum Gasteiger partial charge on any atom is -0.370 e. The van der Waals surface area contributed by atoms with Crippen molar-refractivity contribution < 1.29 is 19.2 Å². The predicted molar refractivity (Wildman–Crippen MR) is 183 cm³/mol. The first-order valence-electron chi connectivity index (χ1n) is 17.6. The van der Waals surface area contributed by atoms with E-state index in [1.165, 1.54) is 0 Å². The van der Waals surface area contributed by atoms with Crippen LogP contribution in [0.5, 0.6) is 0 Å². The van der Waals surface area contributed by atoms with Gasteiger partial charge in [-0.3, -0.25) is 24.2 Å². The number of guanidine groups is 1.